The molecule has 1 aliphatic heterocycles. The molecule has 1 fully saturated rings. The van der Waals surface area contributed by atoms with Gasteiger partial charge in [0.25, 0.3) is 0 Å². The molecule has 1 N–H and O–H groups in total. The van der Waals surface area contributed by atoms with Crippen molar-refractivity contribution in [3.63, 3.8) is 0 Å². The van der Waals surface area contributed by atoms with E-state index in [4.69, 9.17) is 0 Å². The molecule has 0 spiro atoms. The summed E-state index contributed by atoms with van der Waals surface area (Å²) in [7, 11) is 3.94. The van der Waals surface area contributed by atoms with Gasteiger partial charge in [-0.2, -0.15) is 5.10 Å². The van der Waals surface area contributed by atoms with Gasteiger partial charge in [-0.25, -0.2) is 0 Å². The Labute approximate surface area is 134 Å². The SMILES string of the molecule is CNCCC1CCN(C(=O)C(C)c2c(C)nn(C)c2C)CC1. The highest BCUT2D eigenvalue weighted by atomic mass is 16.2. The molecule has 1 aromatic rings. The predicted molar refractivity (Wildman–Crippen MR) is 88.9 cm³/mol. The van der Waals surface area contributed by atoms with Crippen LogP contribution in [-0.4, -0.2) is 47.3 Å². The molecule has 1 unspecified atom stereocenters. The molecule has 1 atom stereocenters. The van der Waals surface area contributed by atoms with E-state index in [1.165, 1.54) is 6.42 Å². The number of hydrogen-bond acceptors (Lipinski definition) is 3. The van der Waals surface area contributed by atoms with Crippen LogP contribution in [-0.2, 0) is 11.8 Å². The number of likely N-dealkylation sites (tertiary alicyclic amines) is 1. The summed E-state index contributed by atoms with van der Waals surface area (Å²) in [6, 6.07) is 0. The van der Waals surface area contributed by atoms with Gasteiger partial charge >= 0.3 is 0 Å². The van der Waals surface area contributed by atoms with E-state index in [2.05, 4.69) is 10.4 Å². The van der Waals surface area contributed by atoms with Gasteiger partial charge in [0, 0.05) is 31.4 Å². The van der Waals surface area contributed by atoms with Crippen LogP contribution < -0.4 is 5.32 Å². The summed E-state index contributed by atoms with van der Waals surface area (Å²) in [4.78, 5) is 14.9. The van der Waals surface area contributed by atoms with Crippen LogP contribution >= 0.6 is 0 Å². The summed E-state index contributed by atoms with van der Waals surface area (Å²) in [6.07, 6.45) is 3.48. The summed E-state index contributed by atoms with van der Waals surface area (Å²) in [5, 5.41) is 7.66. The molecule has 124 valence electrons. The van der Waals surface area contributed by atoms with Crippen molar-refractivity contribution in [2.75, 3.05) is 26.7 Å². The van der Waals surface area contributed by atoms with Crippen LogP contribution in [0.15, 0.2) is 0 Å². The molecule has 0 bridgehead atoms. The van der Waals surface area contributed by atoms with Crippen LogP contribution in [0.3, 0.4) is 0 Å². The van der Waals surface area contributed by atoms with Gasteiger partial charge in [-0.1, -0.05) is 0 Å². The van der Waals surface area contributed by atoms with E-state index in [1.54, 1.807) is 0 Å². The lowest BCUT2D eigenvalue weighted by molar-refractivity contribution is -0.133. The highest BCUT2D eigenvalue weighted by molar-refractivity contribution is 5.84. The van der Waals surface area contributed by atoms with Gasteiger partial charge in [0.15, 0.2) is 0 Å². The number of carbonyl (C=O) groups excluding carboxylic acids is 1. The molecule has 22 heavy (non-hydrogen) atoms. The summed E-state index contributed by atoms with van der Waals surface area (Å²) in [6.45, 7) is 8.93. The predicted octanol–water partition coefficient (Wildman–Crippen LogP) is 1.99. The lowest BCUT2D eigenvalue weighted by atomic mass is 9.91. The smallest absolute Gasteiger partial charge is 0.229 e. The van der Waals surface area contributed by atoms with Gasteiger partial charge in [-0.05, 0) is 59.5 Å². The number of rotatable bonds is 5. The fraction of sp³-hybridized carbons (Fsp3) is 0.765. The summed E-state index contributed by atoms with van der Waals surface area (Å²) >= 11 is 0. The van der Waals surface area contributed by atoms with Crippen molar-refractivity contribution in [1.82, 2.24) is 20.0 Å². The highest BCUT2D eigenvalue weighted by Crippen LogP contribution is 2.27. The standard InChI is InChI=1S/C17H30N4O/c1-12(16-13(2)19-20(5)14(16)3)17(22)21-10-7-15(8-11-21)6-9-18-4/h12,15,18H,6-11H2,1-5H3. The Kier molecular flexibility index (Phi) is 5.62. The van der Waals surface area contributed by atoms with E-state index in [9.17, 15) is 4.79 Å². The Hall–Kier alpha value is -1.36. The Morgan fingerprint density at radius 1 is 1.36 bits per heavy atom. The Morgan fingerprint density at radius 3 is 2.50 bits per heavy atom. The van der Waals surface area contributed by atoms with Crippen molar-refractivity contribution in [2.45, 2.75) is 46.0 Å². The van der Waals surface area contributed by atoms with E-state index in [-0.39, 0.29) is 11.8 Å². The quantitative estimate of drug-likeness (QED) is 0.905. The number of carbonyl (C=O) groups is 1. The second-order valence-electron chi connectivity index (χ2n) is 6.59. The molecule has 1 amide bonds. The van der Waals surface area contributed by atoms with Crippen molar-refractivity contribution in [3.05, 3.63) is 17.0 Å². The van der Waals surface area contributed by atoms with Crippen molar-refractivity contribution in [1.29, 1.82) is 0 Å². The largest absolute Gasteiger partial charge is 0.342 e. The maximum absolute atomic E-state index is 12.8. The number of nitrogens with one attached hydrogen (secondary N) is 1. The lowest BCUT2D eigenvalue weighted by Gasteiger charge is -2.33. The maximum atomic E-state index is 12.8. The zero-order valence-corrected chi connectivity index (χ0v) is 14.6. The number of aryl methyl sites for hydroxylation is 2. The molecule has 2 rings (SSSR count). The number of piperidine rings is 1. The van der Waals surface area contributed by atoms with Crippen LogP contribution in [0.5, 0.6) is 0 Å². The first-order valence-corrected chi connectivity index (χ1v) is 8.39. The molecule has 5 nitrogen and oxygen atoms in total. The average molecular weight is 306 g/mol. The van der Waals surface area contributed by atoms with Crippen LogP contribution in [0.1, 0.15) is 49.1 Å². The monoisotopic (exact) mass is 306 g/mol. The molecular weight excluding hydrogens is 276 g/mol. The van der Waals surface area contributed by atoms with Crippen molar-refractivity contribution < 1.29 is 4.79 Å². The molecule has 1 aromatic heterocycles. The van der Waals surface area contributed by atoms with Gasteiger partial charge in [0.05, 0.1) is 11.6 Å². The zero-order chi connectivity index (χ0) is 16.3. The molecule has 1 aliphatic rings. The number of nitrogens with zero attached hydrogens (tertiary/aromatic N) is 3. The fourth-order valence-corrected chi connectivity index (χ4v) is 3.60. The topological polar surface area (TPSA) is 50.2 Å². The third-order valence-corrected chi connectivity index (χ3v) is 5.10. The van der Waals surface area contributed by atoms with E-state index in [0.29, 0.717) is 0 Å². The highest BCUT2D eigenvalue weighted by Gasteiger charge is 2.29. The average Bonchev–Trinajstić information content (AvgIpc) is 2.77. The molecule has 2 heterocycles. The van der Waals surface area contributed by atoms with E-state index < -0.39 is 0 Å². The van der Waals surface area contributed by atoms with Gasteiger partial charge in [-0.15, -0.1) is 0 Å². The Bertz CT molecular complexity index is 515. The van der Waals surface area contributed by atoms with Crippen molar-refractivity contribution in [3.8, 4) is 0 Å². The third kappa shape index (κ3) is 3.51. The molecule has 0 saturated carbocycles. The van der Waals surface area contributed by atoms with Crippen LogP contribution in [0, 0.1) is 19.8 Å². The zero-order valence-electron chi connectivity index (χ0n) is 14.6. The van der Waals surface area contributed by atoms with Gasteiger partial charge < -0.3 is 10.2 Å². The summed E-state index contributed by atoms with van der Waals surface area (Å²) in [5.74, 6) is 0.919. The van der Waals surface area contributed by atoms with Crippen molar-refractivity contribution >= 4 is 5.91 Å². The number of aromatic nitrogens is 2. The lowest BCUT2D eigenvalue weighted by Crippen LogP contribution is -2.41. The van der Waals surface area contributed by atoms with E-state index in [0.717, 1.165) is 55.3 Å². The normalized spacial score (nSPS) is 17.8. The van der Waals surface area contributed by atoms with Crippen molar-refractivity contribution in [2.24, 2.45) is 13.0 Å². The van der Waals surface area contributed by atoms with Gasteiger partial charge in [0.1, 0.15) is 0 Å². The van der Waals surface area contributed by atoms with Crippen LogP contribution in [0.25, 0.3) is 0 Å². The Balaban J connectivity index is 1.97. The summed E-state index contributed by atoms with van der Waals surface area (Å²) in [5.41, 5.74) is 3.18. The molecule has 1 saturated heterocycles. The minimum Gasteiger partial charge on any atom is -0.342 e. The minimum absolute atomic E-state index is 0.0949. The maximum Gasteiger partial charge on any atom is 0.229 e. The van der Waals surface area contributed by atoms with E-state index >= 15 is 0 Å². The molecule has 0 radical (unpaired) electrons. The van der Waals surface area contributed by atoms with Crippen LogP contribution in [0.4, 0.5) is 0 Å². The molecule has 0 aromatic carbocycles. The number of hydrogen-bond donors (Lipinski definition) is 1. The second kappa shape index (κ2) is 7.27. The second-order valence-corrected chi connectivity index (χ2v) is 6.59. The molecule has 5 heteroatoms. The van der Waals surface area contributed by atoms with Gasteiger partial charge in [-0.3, -0.25) is 9.48 Å². The summed E-state index contributed by atoms with van der Waals surface area (Å²) < 4.78 is 1.87. The Morgan fingerprint density at radius 2 is 2.00 bits per heavy atom. The minimum atomic E-state index is -0.0949. The van der Waals surface area contributed by atoms with E-state index in [1.807, 2.05) is 44.4 Å². The first kappa shape index (κ1) is 17.0. The molecule has 0 aliphatic carbocycles. The third-order valence-electron chi connectivity index (χ3n) is 5.10. The van der Waals surface area contributed by atoms with Gasteiger partial charge in [0.2, 0.25) is 5.91 Å². The first-order valence-electron chi connectivity index (χ1n) is 8.39. The molecular formula is C17H30N4O. The first-order chi connectivity index (χ1) is 10.5. The van der Waals surface area contributed by atoms with Crippen LogP contribution in [0.2, 0.25) is 0 Å². The number of amides is 1. The fourth-order valence-electron chi connectivity index (χ4n) is 3.60.